The third kappa shape index (κ3) is 1.72. The van der Waals surface area contributed by atoms with E-state index in [1.807, 2.05) is 0 Å². The normalized spacial score (nSPS) is 11.3. The number of H-pyrrole nitrogens is 1. The Labute approximate surface area is 78.2 Å². The van der Waals surface area contributed by atoms with E-state index < -0.39 is 0 Å². The van der Waals surface area contributed by atoms with E-state index in [4.69, 9.17) is 0 Å². The summed E-state index contributed by atoms with van der Waals surface area (Å²) < 4.78 is 2.15. The molecular formula is C11H15N2+. The van der Waals surface area contributed by atoms with Gasteiger partial charge in [-0.1, -0.05) is 26.0 Å². The standard InChI is InChI=1S/C11H14N2/c1-9(2)7-13-8-10-5-3-4-6-11(10)12-13/h3-6,8-9H,7H2,1-2H3/p+1. The van der Waals surface area contributed by atoms with Gasteiger partial charge in [0.05, 0.1) is 5.39 Å². The van der Waals surface area contributed by atoms with E-state index in [0.29, 0.717) is 5.92 Å². The molecule has 2 rings (SSSR count). The van der Waals surface area contributed by atoms with Crippen LogP contribution in [0.2, 0.25) is 0 Å². The van der Waals surface area contributed by atoms with Gasteiger partial charge < -0.3 is 0 Å². The van der Waals surface area contributed by atoms with Gasteiger partial charge in [-0.15, -0.1) is 4.68 Å². The first-order valence-electron chi connectivity index (χ1n) is 4.73. The lowest BCUT2D eigenvalue weighted by molar-refractivity contribution is -0.752. The van der Waals surface area contributed by atoms with Crippen molar-refractivity contribution in [3.8, 4) is 0 Å². The Morgan fingerprint density at radius 2 is 2.08 bits per heavy atom. The third-order valence-electron chi connectivity index (χ3n) is 2.08. The van der Waals surface area contributed by atoms with Crippen molar-refractivity contribution in [1.29, 1.82) is 0 Å². The highest BCUT2D eigenvalue weighted by molar-refractivity contribution is 5.76. The van der Waals surface area contributed by atoms with Crippen LogP contribution in [0, 0.1) is 5.92 Å². The van der Waals surface area contributed by atoms with Crippen LogP contribution < -0.4 is 4.68 Å². The Bertz CT molecular complexity index is 368. The molecule has 0 aliphatic heterocycles. The van der Waals surface area contributed by atoms with Crippen LogP contribution in [-0.4, -0.2) is 5.10 Å². The van der Waals surface area contributed by atoms with Crippen molar-refractivity contribution < 1.29 is 4.68 Å². The van der Waals surface area contributed by atoms with Crippen LogP contribution in [-0.2, 0) is 6.54 Å². The van der Waals surface area contributed by atoms with Crippen molar-refractivity contribution in [2.45, 2.75) is 20.4 Å². The van der Waals surface area contributed by atoms with Crippen LogP contribution in [0.15, 0.2) is 30.5 Å². The number of nitrogens with zero attached hydrogens (tertiary/aromatic N) is 1. The summed E-state index contributed by atoms with van der Waals surface area (Å²) in [6.45, 7) is 5.49. The first kappa shape index (κ1) is 8.30. The maximum atomic E-state index is 3.34. The Hall–Kier alpha value is -1.31. The molecule has 0 radical (unpaired) electrons. The highest BCUT2D eigenvalue weighted by Gasteiger charge is 2.07. The average Bonchev–Trinajstić information content (AvgIpc) is 2.44. The molecule has 0 atom stereocenters. The van der Waals surface area contributed by atoms with Gasteiger partial charge in [0.1, 0.15) is 5.52 Å². The molecule has 1 aromatic heterocycles. The zero-order chi connectivity index (χ0) is 9.26. The lowest BCUT2D eigenvalue weighted by Crippen LogP contribution is -2.37. The number of aromatic nitrogens is 2. The molecule has 68 valence electrons. The van der Waals surface area contributed by atoms with Crippen LogP contribution in [0.1, 0.15) is 13.8 Å². The molecule has 1 N–H and O–H groups in total. The molecule has 1 aromatic carbocycles. The molecule has 0 bridgehead atoms. The number of hydrogen-bond acceptors (Lipinski definition) is 0. The predicted molar refractivity (Wildman–Crippen MR) is 53.3 cm³/mol. The molecule has 2 heteroatoms. The van der Waals surface area contributed by atoms with Crippen molar-refractivity contribution in [2.75, 3.05) is 0 Å². The average molecular weight is 175 g/mol. The van der Waals surface area contributed by atoms with Gasteiger partial charge in [-0.25, -0.2) is 0 Å². The Morgan fingerprint density at radius 1 is 1.31 bits per heavy atom. The quantitative estimate of drug-likeness (QED) is 0.674. The fourth-order valence-electron chi connectivity index (χ4n) is 1.56. The summed E-state index contributed by atoms with van der Waals surface area (Å²) in [5, 5.41) is 4.62. The molecule has 2 aromatic rings. The summed E-state index contributed by atoms with van der Waals surface area (Å²) in [6.07, 6.45) is 2.16. The maximum Gasteiger partial charge on any atom is 0.203 e. The van der Waals surface area contributed by atoms with Crippen LogP contribution in [0.3, 0.4) is 0 Å². The molecule has 0 saturated carbocycles. The molecule has 0 unspecified atom stereocenters. The number of hydrogen-bond donors (Lipinski definition) is 1. The summed E-state index contributed by atoms with van der Waals surface area (Å²) in [6, 6.07) is 8.35. The number of fused-ring (bicyclic) bond motifs is 1. The molecular weight excluding hydrogens is 160 g/mol. The highest BCUT2D eigenvalue weighted by Crippen LogP contribution is 2.07. The summed E-state index contributed by atoms with van der Waals surface area (Å²) in [4.78, 5) is 0. The Kier molecular flexibility index (Phi) is 2.05. The minimum absolute atomic E-state index is 0.679. The Morgan fingerprint density at radius 3 is 2.77 bits per heavy atom. The second kappa shape index (κ2) is 3.21. The van der Waals surface area contributed by atoms with E-state index in [1.165, 1.54) is 10.9 Å². The van der Waals surface area contributed by atoms with E-state index in [9.17, 15) is 0 Å². The second-order valence-electron chi connectivity index (χ2n) is 3.87. The van der Waals surface area contributed by atoms with Gasteiger partial charge in [0.25, 0.3) is 0 Å². The van der Waals surface area contributed by atoms with Crippen molar-refractivity contribution in [3.63, 3.8) is 0 Å². The van der Waals surface area contributed by atoms with Gasteiger partial charge in [0.2, 0.25) is 6.20 Å². The van der Waals surface area contributed by atoms with E-state index in [2.05, 4.69) is 54.1 Å². The first-order valence-corrected chi connectivity index (χ1v) is 4.73. The number of rotatable bonds is 2. The molecule has 0 fully saturated rings. The number of para-hydroxylation sites is 1. The maximum absolute atomic E-state index is 3.34. The first-order chi connectivity index (χ1) is 6.25. The smallest absolute Gasteiger partial charge is 0.165 e. The second-order valence-corrected chi connectivity index (χ2v) is 3.87. The molecule has 1 heterocycles. The number of aromatic amines is 1. The van der Waals surface area contributed by atoms with Crippen LogP contribution >= 0.6 is 0 Å². The van der Waals surface area contributed by atoms with E-state index >= 15 is 0 Å². The van der Waals surface area contributed by atoms with Gasteiger partial charge in [0.15, 0.2) is 6.54 Å². The molecule has 0 amide bonds. The fraction of sp³-hybridized carbons (Fsp3) is 0.364. The van der Waals surface area contributed by atoms with Gasteiger partial charge >= 0.3 is 0 Å². The summed E-state index contributed by atoms with van der Waals surface area (Å²) in [5.41, 5.74) is 1.21. The van der Waals surface area contributed by atoms with Gasteiger partial charge in [-0.2, -0.15) is 5.10 Å². The van der Waals surface area contributed by atoms with Gasteiger partial charge in [-0.05, 0) is 12.1 Å². The SMILES string of the molecule is CC(C)C[n+]1cc2ccccc2[nH]1. The van der Waals surface area contributed by atoms with Crippen molar-refractivity contribution in [3.05, 3.63) is 30.5 Å². The molecule has 13 heavy (non-hydrogen) atoms. The molecule has 0 saturated heterocycles. The topological polar surface area (TPSA) is 19.7 Å². The minimum Gasteiger partial charge on any atom is -0.165 e. The van der Waals surface area contributed by atoms with Crippen LogP contribution in [0.25, 0.3) is 10.9 Å². The molecule has 0 aliphatic rings. The lowest BCUT2D eigenvalue weighted by Gasteiger charge is -1.94. The summed E-state index contributed by atoms with van der Waals surface area (Å²) in [7, 11) is 0. The summed E-state index contributed by atoms with van der Waals surface area (Å²) in [5.74, 6) is 0.679. The van der Waals surface area contributed by atoms with Gasteiger partial charge in [-0.3, -0.25) is 0 Å². The van der Waals surface area contributed by atoms with Crippen molar-refractivity contribution in [2.24, 2.45) is 5.92 Å². The van der Waals surface area contributed by atoms with Crippen molar-refractivity contribution >= 4 is 10.9 Å². The largest absolute Gasteiger partial charge is 0.203 e. The third-order valence-corrected chi connectivity index (χ3v) is 2.08. The fourth-order valence-corrected chi connectivity index (χ4v) is 1.56. The molecule has 0 aliphatic carbocycles. The highest BCUT2D eigenvalue weighted by atomic mass is 15.3. The monoisotopic (exact) mass is 175 g/mol. The molecule has 0 spiro atoms. The van der Waals surface area contributed by atoms with Crippen molar-refractivity contribution in [1.82, 2.24) is 5.10 Å². The van der Waals surface area contributed by atoms with Crippen LogP contribution in [0.4, 0.5) is 0 Å². The molecule has 2 nitrogen and oxygen atoms in total. The lowest BCUT2D eigenvalue weighted by atomic mass is 10.2. The zero-order valence-electron chi connectivity index (χ0n) is 8.12. The van der Waals surface area contributed by atoms with E-state index in [-0.39, 0.29) is 0 Å². The van der Waals surface area contributed by atoms with Gasteiger partial charge in [0, 0.05) is 5.92 Å². The van der Waals surface area contributed by atoms with E-state index in [0.717, 1.165) is 6.54 Å². The zero-order valence-corrected chi connectivity index (χ0v) is 8.12. The number of nitrogens with one attached hydrogen (secondary N) is 1. The van der Waals surface area contributed by atoms with E-state index in [1.54, 1.807) is 0 Å². The summed E-state index contributed by atoms with van der Waals surface area (Å²) >= 11 is 0. The Balaban J connectivity index is 2.38. The number of benzene rings is 1. The van der Waals surface area contributed by atoms with Crippen LogP contribution in [0.5, 0.6) is 0 Å². The minimum atomic E-state index is 0.679. The predicted octanol–water partition coefficient (Wildman–Crippen LogP) is 2.11.